The molecule has 20 heavy (non-hydrogen) atoms. The van der Waals surface area contributed by atoms with Crippen LogP contribution in [0.2, 0.25) is 0 Å². The van der Waals surface area contributed by atoms with Gasteiger partial charge in [0.2, 0.25) is 10.0 Å². The van der Waals surface area contributed by atoms with Gasteiger partial charge in [0.25, 0.3) is 0 Å². The molecule has 2 rings (SSSR count). The molecule has 0 bridgehead atoms. The third-order valence-corrected chi connectivity index (χ3v) is 3.94. The highest BCUT2D eigenvalue weighted by atomic mass is 79.9. The van der Waals surface area contributed by atoms with Gasteiger partial charge >= 0.3 is 0 Å². The van der Waals surface area contributed by atoms with Crippen LogP contribution >= 0.6 is 15.9 Å². The minimum absolute atomic E-state index is 0.00834. The molecule has 0 atom stereocenters. The number of nitrogens with two attached hydrogens (primary N) is 2. The molecular weight excluding hydrogens is 351 g/mol. The highest BCUT2D eigenvalue weighted by Crippen LogP contribution is 2.34. The summed E-state index contributed by atoms with van der Waals surface area (Å²) < 4.78 is 41.8. The summed E-state index contributed by atoms with van der Waals surface area (Å²) in [6.45, 7) is 0. The molecule has 0 heterocycles. The number of anilines is 1. The van der Waals surface area contributed by atoms with Crippen LogP contribution in [0.4, 0.5) is 10.1 Å². The van der Waals surface area contributed by atoms with Crippen LogP contribution in [-0.2, 0) is 10.0 Å². The molecule has 4 N–H and O–H groups in total. The summed E-state index contributed by atoms with van der Waals surface area (Å²) in [5.41, 5.74) is 5.77. The highest BCUT2D eigenvalue weighted by Gasteiger charge is 2.17. The summed E-state index contributed by atoms with van der Waals surface area (Å²) >= 11 is 3.12. The molecule has 0 aromatic heterocycles. The van der Waals surface area contributed by atoms with Crippen molar-refractivity contribution in [1.29, 1.82) is 0 Å². The fourth-order valence-electron chi connectivity index (χ4n) is 1.51. The SMILES string of the molecule is Nc1ccc(Oc2ccc(F)cc2Br)c(S(N)(=O)=O)c1. The van der Waals surface area contributed by atoms with E-state index in [9.17, 15) is 12.8 Å². The van der Waals surface area contributed by atoms with Gasteiger partial charge in [0.1, 0.15) is 22.2 Å². The Hall–Kier alpha value is -1.64. The van der Waals surface area contributed by atoms with Gasteiger partial charge in [0, 0.05) is 5.69 Å². The van der Waals surface area contributed by atoms with Gasteiger partial charge in [-0.3, -0.25) is 0 Å². The molecule has 0 aliphatic carbocycles. The van der Waals surface area contributed by atoms with E-state index in [2.05, 4.69) is 15.9 Å². The zero-order chi connectivity index (χ0) is 14.9. The van der Waals surface area contributed by atoms with E-state index in [1.54, 1.807) is 0 Å². The number of ether oxygens (including phenoxy) is 1. The lowest BCUT2D eigenvalue weighted by molar-refractivity contribution is 0.463. The summed E-state index contributed by atoms with van der Waals surface area (Å²) in [5, 5.41) is 5.11. The maximum Gasteiger partial charge on any atom is 0.241 e. The van der Waals surface area contributed by atoms with Crippen LogP contribution in [0.5, 0.6) is 11.5 Å². The number of hydrogen-bond donors (Lipinski definition) is 2. The molecule has 0 spiro atoms. The van der Waals surface area contributed by atoms with E-state index in [4.69, 9.17) is 15.6 Å². The molecule has 8 heteroatoms. The van der Waals surface area contributed by atoms with Gasteiger partial charge < -0.3 is 10.5 Å². The second kappa shape index (κ2) is 5.39. The number of halogens is 2. The topological polar surface area (TPSA) is 95.4 Å². The van der Waals surface area contributed by atoms with Crippen molar-refractivity contribution in [2.75, 3.05) is 5.73 Å². The Morgan fingerprint density at radius 3 is 2.35 bits per heavy atom. The third-order valence-electron chi connectivity index (χ3n) is 2.39. The maximum absolute atomic E-state index is 13.0. The molecular formula is C12H10BrFN2O3S. The Morgan fingerprint density at radius 1 is 1.10 bits per heavy atom. The molecule has 0 aliphatic heterocycles. The summed E-state index contributed by atoms with van der Waals surface area (Å²) in [7, 11) is -3.99. The predicted octanol–water partition coefficient (Wildman–Crippen LogP) is 2.61. The smallest absolute Gasteiger partial charge is 0.241 e. The Morgan fingerprint density at radius 2 is 1.75 bits per heavy atom. The summed E-state index contributed by atoms with van der Waals surface area (Å²) in [6, 6.07) is 7.80. The zero-order valence-corrected chi connectivity index (χ0v) is 12.4. The number of rotatable bonds is 3. The van der Waals surface area contributed by atoms with Gasteiger partial charge in [0.15, 0.2) is 0 Å². The second-order valence-electron chi connectivity index (χ2n) is 3.93. The molecule has 2 aromatic rings. The van der Waals surface area contributed by atoms with Crippen molar-refractivity contribution in [3.8, 4) is 11.5 Å². The normalized spacial score (nSPS) is 11.3. The van der Waals surface area contributed by atoms with Crippen molar-refractivity contribution in [1.82, 2.24) is 0 Å². The molecule has 106 valence electrons. The van der Waals surface area contributed by atoms with E-state index in [0.717, 1.165) is 0 Å². The van der Waals surface area contributed by atoms with Crippen LogP contribution in [0.3, 0.4) is 0 Å². The molecule has 0 radical (unpaired) electrons. The van der Waals surface area contributed by atoms with Crippen molar-refractivity contribution in [3.63, 3.8) is 0 Å². The zero-order valence-electron chi connectivity index (χ0n) is 10.0. The van der Waals surface area contributed by atoms with Gasteiger partial charge in [-0.1, -0.05) is 0 Å². The molecule has 2 aromatic carbocycles. The largest absolute Gasteiger partial charge is 0.455 e. The molecule has 5 nitrogen and oxygen atoms in total. The molecule has 0 aliphatic rings. The quantitative estimate of drug-likeness (QED) is 0.822. The van der Waals surface area contributed by atoms with Crippen LogP contribution < -0.4 is 15.6 Å². The lowest BCUT2D eigenvalue weighted by atomic mass is 10.3. The first kappa shape index (κ1) is 14.8. The predicted molar refractivity (Wildman–Crippen MR) is 76.4 cm³/mol. The van der Waals surface area contributed by atoms with Crippen LogP contribution in [0.15, 0.2) is 45.8 Å². The fourth-order valence-corrected chi connectivity index (χ4v) is 2.63. The Bertz CT molecular complexity index is 765. The average Bonchev–Trinajstić information content (AvgIpc) is 2.33. The van der Waals surface area contributed by atoms with Crippen LogP contribution in [-0.4, -0.2) is 8.42 Å². The second-order valence-corrected chi connectivity index (χ2v) is 6.31. The van der Waals surface area contributed by atoms with E-state index in [1.807, 2.05) is 0 Å². The number of primary sulfonamides is 1. The van der Waals surface area contributed by atoms with Gasteiger partial charge in [-0.2, -0.15) is 0 Å². The molecule has 0 amide bonds. The van der Waals surface area contributed by atoms with Gasteiger partial charge in [-0.15, -0.1) is 0 Å². The number of benzene rings is 2. The molecule has 0 saturated carbocycles. The molecule has 0 unspecified atom stereocenters. The van der Waals surface area contributed by atoms with E-state index in [-0.39, 0.29) is 22.1 Å². The number of hydrogen-bond acceptors (Lipinski definition) is 4. The van der Waals surface area contributed by atoms with Crippen molar-refractivity contribution in [3.05, 3.63) is 46.7 Å². The minimum atomic E-state index is -3.99. The first-order valence-electron chi connectivity index (χ1n) is 5.32. The first-order valence-corrected chi connectivity index (χ1v) is 7.66. The van der Waals surface area contributed by atoms with E-state index in [0.29, 0.717) is 4.47 Å². The standard InChI is InChI=1S/C12H10BrFN2O3S/c13-9-5-7(14)1-3-10(9)19-11-4-2-8(15)6-12(11)20(16,17)18/h1-6H,15H2,(H2,16,17,18). The molecule has 0 saturated heterocycles. The van der Waals surface area contributed by atoms with Crippen molar-refractivity contribution < 1.29 is 17.5 Å². The lowest BCUT2D eigenvalue weighted by Gasteiger charge is -2.11. The summed E-state index contributed by atoms with van der Waals surface area (Å²) in [4.78, 5) is -0.242. The van der Waals surface area contributed by atoms with Gasteiger partial charge in [-0.05, 0) is 52.3 Å². The Labute approximate surface area is 123 Å². The molecule has 0 fully saturated rings. The first-order chi connectivity index (χ1) is 9.27. The van der Waals surface area contributed by atoms with Crippen molar-refractivity contribution in [2.24, 2.45) is 5.14 Å². The summed E-state index contributed by atoms with van der Waals surface area (Å²) in [5.74, 6) is -0.191. The van der Waals surface area contributed by atoms with Crippen molar-refractivity contribution in [2.45, 2.75) is 4.90 Å². The number of sulfonamides is 1. The van der Waals surface area contributed by atoms with Gasteiger partial charge in [0.05, 0.1) is 4.47 Å². The monoisotopic (exact) mass is 360 g/mol. The van der Waals surface area contributed by atoms with E-state index in [1.165, 1.54) is 36.4 Å². The van der Waals surface area contributed by atoms with Crippen LogP contribution in [0.25, 0.3) is 0 Å². The Kier molecular flexibility index (Phi) is 3.98. The third kappa shape index (κ3) is 3.27. The number of nitrogen functional groups attached to an aromatic ring is 1. The Balaban J connectivity index is 2.49. The van der Waals surface area contributed by atoms with Crippen LogP contribution in [0, 0.1) is 5.82 Å². The van der Waals surface area contributed by atoms with Gasteiger partial charge in [-0.25, -0.2) is 17.9 Å². The minimum Gasteiger partial charge on any atom is -0.455 e. The van der Waals surface area contributed by atoms with Crippen molar-refractivity contribution >= 4 is 31.6 Å². The van der Waals surface area contributed by atoms with E-state index < -0.39 is 15.8 Å². The lowest BCUT2D eigenvalue weighted by Crippen LogP contribution is -2.13. The fraction of sp³-hybridized carbons (Fsp3) is 0. The van der Waals surface area contributed by atoms with Crippen LogP contribution in [0.1, 0.15) is 0 Å². The maximum atomic E-state index is 13.0. The highest BCUT2D eigenvalue weighted by molar-refractivity contribution is 9.10. The van der Waals surface area contributed by atoms with E-state index >= 15 is 0 Å². The average molecular weight is 361 g/mol. The summed E-state index contributed by atoms with van der Waals surface area (Å²) in [6.07, 6.45) is 0.